The lowest BCUT2D eigenvalue weighted by molar-refractivity contribution is -0.138. The van der Waals surface area contributed by atoms with Crippen molar-refractivity contribution in [3.8, 4) is 11.5 Å². The number of hydrogen-bond donors (Lipinski definition) is 1. The molecular formula is C21H20Cl2N2O4. The lowest BCUT2D eigenvalue weighted by Crippen LogP contribution is -2.33. The fourth-order valence-corrected chi connectivity index (χ4v) is 3.36. The normalized spacial score (nSPS) is 13.9. The summed E-state index contributed by atoms with van der Waals surface area (Å²) in [6, 6.07) is 12.5. The van der Waals surface area contributed by atoms with Gasteiger partial charge in [-0.3, -0.25) is 14.5 Å². The van der Waals surface area contributed by atoms with E-state index in [0.717, 1.165) is 16.0 Å². The zero-order valence-corrected chi connectivity index (χ0v) is 17.5. The summed E-state index contributed by atoms with van der Waals surface area (Å²) in [6.45, 7) is 0.556. The van der Waals surface area contributed by atoms with Crippen LogP contribution in [0.4, 0.5) is 0 Å². The number of hydrogen-bond acceptors (Lipinski definition) is 5. The molecule has 0 aliphatic carbocycles. The van der Waals surface area contributed by atoms with E-state index < -0.39 is 11.8 Å². The predicted octanol–water partition coefficient (Wildman–Crippen LogP) is 3.51. The van der Waals surface area contributed by atoms with Crippen LogP contribution in [-0.4, -0.2) is 37.5 Å². The largest absolute Gasteiger partial charge is 0.493 e. The average molecular weight is 435 g/mol. The molecule has 0 radical (unpaired) electrons. The molecule has 0 bridgehead atoms. The van der Waals surface area contributed by atoms with E-state index in [1.54, 1.807) is 38.5 Å². The molecule has 2 aromatic carbocycles. The highest BCUT2D eigenvalue weighted by Crippen LogP contribution is 2.28. The Hall–Kier alpha value is -2.70. The fraction of sp³-hybridized carbons (Fsp3) is 0.238. The molecule has 6 nitrogen and oxygen atoms in total. The zero-order chi connectivity index (χ0) is 21.0. The maximum Gasteiger partial charge on any atom is 0.278 e. The Labute approximate surface area is 179 Å². The molecule has 0 atom stereocenters. The minimum absolute atomic E-state index is 0.101. The van der Waals surface area contributed by atoms with Gasteiger partial charge in [-0.25, -0.2) is 0 Å². The highest BCUT2D eigenvalue weighted by molar-refractivity contribution is 6.47. The molecule has 0 saturated carbocycles. The van der Waals surface area contributed by atoms with E-state index in [9.17, 15) is 9.59 Å². The van der Waals surface area contributed by atoms with Crippen LogP contribution in [-0.2, 0) is 22.6 Å². The Morgan fingerprint density at radius 3 is 2.21 bits per heavy atom. The first kappa shape index (κ1) is 21.0. The van der Waals surface area contributed by atoms with Crippen molar-refractivity contribution in [1.29, 1.82) is 0 Å². The monoisotopic (exact) mass is 434 g/mol. The van der Waals surface area contributed by atoms with Gasteiger partial charge in [-0.15, -0.1) is 0 Å². The van der Waals surface area contributed by atoms with Crippen LogP contribution < -0.4 is 14.8 Å². The van der Waals surface area contributed by atoms with Gasteiger partial charge in [0.2, 0.25) is 0 Å². The second-order valence-corrected chi connectivity index (χ2v) is 7.19. The topological polar surface area (TPSA) is 67.9 Å². The van der Waals surface area contributed by atoms with Crippen molar-refractivity contribution in [2.75, 3.05) is 20.8 Å². The predicted molar refractivity (Wildman–Crippen MR) is 111 cm³/mol. The minimum Gasteiger partial charge on any atom is -0.493 e. The summed E-state index contributed by atoms with van der Waals surface area (Å²) in [4.78, 5) is 26.2. The molecule has 8 heteroatoms. The number of methoxy groups -OCH3 is 2. The number of rotatable bonds is 8. The molecule has 1 aliphatic heterocycles. The maximum absolute atomic E-state index is 12.7. The Kier molecular flexibility index (Phi) is 6.67. The van der Waals surface area contributed by atoms with E-state index in [-0.39, 0.29) is 17.3 Å². The molecule has 1 N–H and O–H groups in total. The molecule has 0 fully saturated rings. The van der Waals surface area contributed by atoms with E-state index in [1.807, 2.05) is 18.2 Å². The van der Waals surface area contributed by atoms with Crippen LogP contribution in [0, 0.1) is 0 Å². The number of nitrogens with zero attached hydrogens (tertiary/aromatic N) is 1. The summed E-state index contributed by atoms with van der Waals surface area (Å²) in [5, 5.41) is 3.48. The molecule has 1 aliphatic rings. The van der Waals surface area contributed by atoms with Crippen LogP contribution in [0.3, 0.4) is 0 Å². The molecule has 2 aromatic rings. The van der Waals surface area contributed by atoms with Crippen molar-refractivity contribution in [1.82, 2.24) is 10.2 Å². The van der Waals surface area contributed by atoms with Crippen LogP contribution in [0.15, 0.2) is 53.2 Å². The summed E-state index contributed by atoms with van der Waals surface area (Å²) in [5.74, 6) is 0.315. The van der Waals surface area contributed by atoms with E-state index >= 15 is 0 Å². The minimum atomic E-state index is -0.514. The molecule has 0 saturated heterocycles. The maximum atomic E-state index is 12.7. The van der Waals surface area contributed by atoms with Crippen molar-refractivity contribution in [3.05, 3.63) is 69.3 Å². The number of benzene rings is 2. The van der Waals surface area contributed by atoms with Crippen molar-refractivity contribution in [2.24, 2.45) is 0 Å². The van der Waals surface area contributed by atoms with Gasteiger partial charge in [-0.1, -0.05) is 41.4 Å². The molecule has 152 valence electrons. The van der Waals surface area contributed by atoms with Crippen molar-refractivity contribution in [2.45, 2.75) is 13.0 Å². The number of ether oxygens (including phenoxy) is 2. The smallest absolute Gasteiger partial charge is 0.278 e. The molecule has 0 aromatic heterocycles. The highest BCUT2D eigenvalue weighted by atomic mass is 35.5. The van der Waals surface area contributed by atoms with Gasteiger partial charge >= 0.3 is 0 Å². The quantitative estimate of drug-likeness (QED) is 0.643. The average Bonchev–Trinajstić information content (AvgIpc) is 2.93. The second-order valence-electron chi connectivity index (χ2n) is 6.38. The van der Waals surface area contributed by atoms with Gasteiger partial charge in [0.25, 0.3) is 11.8 Å². The number of amides is 2. The van der Waals surface area contributed by atoms with Crippen LogP contribution in [0.25, 0.3) is 0 Å². The van der Waals surface area contributed by atoms with Crippen molar-refractivity contribution in [3.63, 3.8) is 0 Å². The molecule has 2 amide bonds. The van der Waals surface area contributed by atoms with Gasteiger partial charge in [0.15, 0.2) is 11.5 Å². The number of carbonyl (C=O) groups is 2. The third kappa shape index (κ3) is 4.66. The Balaban J connectivity index is 1.63. The SMILES string of the molecule is COc1ccc(CCNC2=C(Cl)C(=O)N(Cc3ccc(Cl)cc3)C2=O)cc1OC. The van der Waals surface area contributed by atoms with Crippen molar-refractivity contribution < 1.29 is 19.1 Å². The summed E-state index contributed by atoms with van der Waals surface area (Å²) < 4.78 is 10.5. The van der Waals surface area contributed by atoms with Gasteiger partial charge in [0.1, 0.15) is 10.7 Å². The molecule has 0 unspecified atom stereocenters. The Bertz CT molecular complexity index is 958. The summed E-state index contributed by atoms with van der Waals surface area (Å²) in [5.41, 5.74) is 1.89. The Morgan fingerprint density at radius 1 is 0.897 bits per heavy atom. The van der Waals surface area contributed by atoms with Crippen LogP contribution in [0.1, 0.15) is 11.1 Å². The van der Waals surface area contributed by atoms with E-state index in [4.69, 9.17) is 32.7 Å². The van der Waals surface area contributed by atoms with Gasteiger partial charge in [-0.05, 0) is 41.8 Å². The molecule has 3 rings (SSSR count). The lowest BCUT2D eigenvalue weighted by Gasteiger charge is -2.15. The first-order valence-corrected chi connectivity index (χ1v) is 9.65. The molecule has 0 spiro atoms. The van der Waals surface area contributed by atoms with Gasteiger partial charge < -0.3 is 14.8 Å². The summed E-state index contributed by atoms with van der Waals surface area (Å²) in [7, 11) is 3.15. The van der Waals surface area contributed by atoms with Crippen molar-refractivity contribution >= 4 is 35.0 Å². The Morgan fingerprint density at radius 2 is 1.55 bits per heavy atom. The van der Waals surface area contributed by atoms with E-state index in [0.29, 0.717) is 29.5 Å². The summed E-state index contributed by atoms with van der Waals surface area (Å²) >= 11 is 12.0. The number of nitrogens with one attached hydrogen (secondary N) is 1. The number of carbonyl (C=O) groups excluding carboxylic acids is 2. The fourth-order valence-electron chi connectivity index (χ4n) is 2.98. The van der Waals surface area contributed by atoms with Crippen LogP contribution >= 0.6 is 23.2 Å². The first-order valence-electron chi connectivity index (χ1n) is 8.89. The van der Waals surface area contributed by atoms with Gasteiger partial charge in [0.05, 0.1) is 20.8 Å². The third-order valence-electron chi connectivity index (χ3n) is 4.53. The first-order chi connectivity index (χ1) is 13.9. The number of halogens is 2. The third-order valence-corrected chi connectivity index (χ3v) is 5.13. The highest BCUT2D eigenvalue weighted by Gasteiger charge is 2.37. The van der Waals surface area contributed by atoms with E-state index in [1.165, 1.54) is 0 Å². The van der Waals surface area contributed by atoms with Crippen LogP contribution in [0.2, 0.25) is 5.02 Å². The zero-order valence-electron chi connectivity index (χ0n) is 16.0. The molecular weight excluding hydrogens is 415 g/mol. The molecule has 29 heavy (non-hydrogen) atoms. The standard InChI is InChI=1S/C21H20Cl2N2O4/c1-28-16-8-5-13(11-17(16)29-2)9-10-24-19-18(23)20(26)25(21(19)27)12-14-3-6-15(22)7-4-14/h3-8,11,24H,9-10,12H2,1-2H3. The van der Waals surface area contributed by atoms with Gasteiger partial charge in [-0.2, -0.15) is 0 Å². The lowest BCUT2D eigenvalue weighted by atomic mass is 10.1. The second kappa shape index (κ2) is 9.20. The van der Waals surface area contributed by atoms with E-state index in [2.05, 4.69) is 5.32 Å². The number of imide groups is 1. The van der Waals surface area contributed by atoms with Crippen LogP contribution in [0.5, 0.6) is 11.5 Å². The van der Waals surface area contributed by atoms with Gasteiger partial charge in [0, 0.05) is 11.6 Å². The molecule has 1 heterocycles. The summed E-state index contributed by atoms with van der Waals surface area (Å²) in [6.07, 6.45) is 0.604.